The van der Waals surface area contributed by atoms with E-state index < -0.39 is 0 Å². The Morgan fingerprint density at radius 2 is 1.45 bits per heavy atom. The maximum absolute atomic E-state index is 5.95. The second kappa shape index (κ2) is 10.6. The van der Waals surface area contributed by atoms with Crippen LogP contribution in [0.2, 0.25) is 0 Å². The minimum absolute atomic E-state index is 0.331. The Balaban J connectivity index is 1.57. The fourth-order valence-electron chi connectivity index (χ4n) is 4.68. The van der Waals surface area contributed by atoms with Crippen molar-refractivity contribution in [3.63, 3.8) is 0 Å². The Hall–Kier alpha value is -2.62. The molecule has 162 valence electrons. The molecular formula is C28H32O3. The van der Waals surface area contributed by atoms with Crippen LogP contribution in [0.5, 0.6) is 5.75 Å². The summed E-state index contributed by atoms with van der Waals surface area (Å²) in [5.41, 5.74) is 5.67. The quantitative estimate of drug-likeness (QED) is 0.382. The van der Waals surface area contributed by atoms with Gasteiger partial charge in [0.05, 0.1) is 0 Å². The molecule has 3 heteroatoms. The molecule has 3 nitrogen and oxygen atoms in total. The Kier molecular flexibility index (Phi) is 7.39. The van der Waals surface area contributed by atoms with Gasteiger partial charge in [0, 0.05) is 19.1 Å². The molecule has 0 saturated heterocycles. The number of hydrogen-bond acceptors (Lipinski definition) is 3. The van der Waals surface area contributed by atoms with Gasteiger partial charge in [0.1, 0.15) is 12.4 Å². The lowest BCUT2D eigenvalue weighted by atomic mass is 9.69. The smallest absolute Gasteiger partial charge is 0.191 e. The first kappa shape index (κ1) is 21.6. The zero-order valence-electron chi connectivity index (χ0n) is 18.5. The number of benzene rings is 3. The second-order valence-corrected chi connectivity index (χ2v) is 7.95. The van der Waals surface area contributed by atoms with Crippen molar-refractivity contribution in [3.05, 3.63) is 101 Å². The largest absolute Gasteiger partial charge is 0.488 e. The summed E-state index contributed by atoms with van der Waals surface area (Å²) in [4.78, 5) is 0. The number of hydrogen-bond donors (Lipinski definition) is 0. The van der Waals surface area contributed by atoms with Gasteiger partial charge in [0.2, 0.25) is 0 Å². The van der Waals surface area contributed by atoms with E-state index in [4.69, 9.17) is 14.2 Å². The predicted molar refractivity (Wildman–Crippen MR) is 125 cm³/mol. The Labute approximate surface area is 186 Å². The maximum atomic E-state index is 5.95. The average Bonchev–Trinajstić information content (AvgIpc) is 2.83. The topological polar surface area (TPSA) is 27.7 Å². The Bertz CT molecular complexity index is 930. The van der Waals surface area contributed by atoms with Crippen LogP contribution in [0.3, 0.4) is 0 Å². The molecule has 0 fully saturated rings. The Morgan fingerprint density at radius 1 is 0.774 bits per heavy atom. The van der Waals surface area contributed by atoms with Crippen molar-refractivity contribution < 1.29 is 14.2 Å². The highest BCUT2D eigenvalue weighted by Gasteiger charge is 2.31. The maximum Gasteiger partial charge on any atom is 0.191 e. The summed E-state index contributed by atoms with van der Waals surface area (Å²) in [6, 6.07) is 28.4. The summed E-state index contributed by atoms with van der Waals surface area (Å²) >= 11 is 0. The molecule has 0 spiro atoms. The van der Waals surface area contributed by atoms with E-state index in [-0.39, 0.29) is 6.29 Å². The van der Waals surface area contributed by atoms with Crippen LogP contribution in [0, 0.1) is 0 Å². The number of ether oxygens (including phenoxy) is 3. The molecule has 2 atom stereocenters. The highest BCUT2D eigenvalue weighted by molar-refractivity contribution is 5.45. The van der Waals surface area contributed by atoms with Crippen LogP contribution >= 0.6 is 0 Å². The molecule has 0 N–H and O–H groups in total. The van der Waals surface area contributed by atoms with E-state index in [1.807, 2.05) is 13.8 Å². The molecule has 3 aromatic carbocycles. The molecule has 0 saturated carbocycles. The van der Waals surface area contributed by atoms with Crippen molar-refractivity contribution in [2.75, 3.05) is 19.8 Å². The normalized spacial score (nSPS) is 18.0. The molecule has 1 aliphatic carbocycles. The number of rotatable bonds is 9. The van der Waals surface area contributed by atoms with Gasteiger partial charge < -0.3 is 14.2 Å². The van der Waals surface area contributed by atoms with Gasteiger partial charge in [-0.25, -0.2) is 0 Å². The molecule has 0 bridgehead atoms. The lowest BCUT2D eigenvalue weighted by molar-refractivity contribution is -0.152. The highest BCUT2D eigenvalue weighted by Crippen LogP contribution is 2.46. The standard InChI is InChI=1S/C28H32O3/c1-3-29-27(30-4-2)20-31-24-17-14-23(15-18-24)28-25-13-9-8-12-22(25)16-19-26(28)21-10-6-5-7-11-21/h5-15,17-18,26-28H,3-4,16,19-20H2,1-2H3/t26-,28-/m1/s1. The average molecular weight is 417 g/mol. The fourth-order valence-corrected chi connectivity index (χ4v) is 4.68. The van der Waals surface area contributed by atoms with E-state index in [2.05, 4.69) is 78.9 Å². The van der Waals surface area contributed by atoms with Crippen LogP contribution in [0.1, 0.15) is 54.4 Å². The summed E-state index contributed by atoms with van der Waals surface area (Å²) in [6.07, 6.45) is 1.96. The van der Waals surface area contributed by atoms with Gasteiger partial charge in [-0.3, -0.25) is 0 Å². The van der Waals surface area contributed by atoms with E-state index in [1.165, 1.54) is 22.3 Å². The first-order valence-electron chi connectivity index (χ1n) is 11.4. The first-order valence-corrected chi connectivity index (χ1v) is 11.4. The molecule has 0 aliphatic heterocycles. The van der Waals surface area contributed by atoms with Gasteiger partial charge in [0.25, 0.3) is 0 Å². The molecule has 0 heterocycles. The summed E-state index contributed by atoms with van der Waals surface area (Å²) in [6.45, 7) is 5.53. The van der Waals surface area contributed by atoms with Gasteiger partial charge in [-0.1, -0.05) is 66.7 Å². The van der Waals surface area contributed by atoms with Crippen molar-refractivity contribution in [3.8, 4) is 5.75 Å². The lowest BCUT2D eigenvalue weighted by Gasteiger charge is -2.34. The highest BCUT2D eigenvalue weighted by atomic mass is 16.7. The van der Waals surface area contributed by atoms with Gasteiger partial charge in [-0.05, 0) is 67.0 Å². The SMILES string of the molecule is CCOC(COc1ccc([C@@H]2c3ccccc3CC[C@@H]2c2ccccc2)cc1)OCC. The molecule has 0 aromatic heterocycles. The van der Waals surface area contributed by atoms with Gasteiger partial charge in [-0.15, -0.1) is 0 Å². The molecule has 0 radical (unpaired) electrons. The summed E-state index contributed by atoms with van der Waals surface area (Å²) in [5.74, 6) is 1.66. The van der Waals surface area contributed by atoms with Crippen LogP contribution in [-0.4, -0.2) is 26.1 Å². The predicted octanol–water partition coefficient (Wildman–Crippen LogP) is 6.33. The van der Waals surface area contributed by atoms with Crippen LogP contribution in [0.25, 0.3) is 0 Å². The summed E-state index contributed by atoms with van der Waals surface area (Å²) < 4.78 is 17.1. The van der Waals surface area contributed by atoms with Crippen LogP contribution in [-0.2, 0) is 15.9 Å². The van der Waals surface area contributed by atoms with E-state index in [1.54, 1.807) is 0 Å². The zero-order valence-corrected chi connectivity index (χ0v) is 18.5. The van der Waals surface area contributed by atoms with E-state index in [9.17, 15) is 0 Å². The second-order valence-electron chi connectivity index (χ2n) is 7.95. The first-order chi connectivity index (χ1) is 15.3. The third-order valence-corrected chi connectivity index (χ3v) is 6.08. The monoisotopic (exact) mass is 416 g/mol. The van der Waals surface area contributed by atoms with Gasteiger partial charge >= 0.3 is 0 Å². The third-order valence-electron chi connectivity index (χ3n) is 6.08. The van der Waals surface area contributed by atoms with Gasteiger partial charge in [-0.2, -0.15) is 0 Å². The summed E-state index contributed by atoms with van der Waals surface area (Å²) in [7, 11) is 0. The van der Waals surface area contributed by atoms with Crippen LogP contribution in [0.4, 0.5) is 0 Å². The number of aryl methyl sites for hydroxylation is 1. The van der Waals surface area contributed by atoms with E-state index in [0.717, 1.165) is 18.6 Å². The van der Waals surface area contributed by atoms with Crippen molar-refractivity contribution in [2.24, 2.45) is 0 Å². The Morgan fingerprint density at radius 3 is 2.16 bits per heavy atom. The number of fused-ring (bicyclic) bond motifs is 1. The van der Waals surface area contributed by atoms with Crippen molar-refractivity contribution in [1.29, 1.82) is 0 Å². The molecule has 0 amide bonds. The van der Waals surface area contributed by atoms with Crippen molar-refractivity contribution in [2.45, 2.75) is 44.8 Å². The summed E-state index contributed by atoms with van der Waals surface area (Å²) in [5, 5.41) is 0. The lowest BCUT2D eigenvalue weighted by Crippen LogP contribution is -2.25. The zero-order chi connectivity index (χ0) is 21.5. The molecular weight excluding hydrogens is 384 g/mol. The van der Waals surface area contributed by atoms with Crippen molar-refractivity contribution >= 4 is 0 Å². The molecule has 4 rings (SSSR count). The van der Waals surface area contributed by atoms with Gasteiger partial charge in [0.15, 0.2) is 6.29 Å². The van der Waals surface area contributed by atoms with Crippen molar-refractivity contribution in [1.82, 2.24) is 0 Å². The van der Waals surface area contributed by atoms with Crippen LogP contribution in [0.15, 0.2) is 78.9 Å². The van der Waals surface area contributed by atoms with E-state index >= 15 is 0 Å². The molecule has 0 unspecified atom stereocenters. The minimum atomic E-state index is -0.331. The molecule has 3 aromatic rings. The minimum Gasteiger partial charge on any atom is -0.488 e. The molecule has 31 heavy (non-hydrogen) atoms. The van der Waals surface area contributed by atoms with Crippen LogP contribution < -0.4 is 4.74 Å². The fraction of sp³-hybridized carbons (Fsp3) is 0.357. The third kappa shape index (κ3) is 5.17. The molecule has 1 aliphatic rings. The van der Waals surface area contributed by atoms with E-state index in [0.29, 0.717) is 31.7 Å².